The second-order valence-corrected chi connectivity index (χ2v) is 7.73. The number of aryl methyl sites for hydroxylation is 2. The molecule has 0 saturated carbocycles. The van der Waals surface area contributed by atoms with Gasteiger partial charge in [-0.25, -0.2) is 0 Å². The van der Waals surface area contributed by atoms with Crippen molar-refractivity contribution in [2.75, 3.05) is 14.2 Å². The van der Waals surface area contributed by atoms with E-state index < -0.39 is 0 Å². The average Bonchev–Trinajstić information content (AvgIpc) is 3.43. The van der Waals surface area contributed by atoms with Gasteiger partial charge in [0.15, 0.2) is 11.5 Å². The number of nitrogens with one attached hydrogen (secondary N) is 1. The van der Waals surface area contributed by atoms with Crippen molar-refractivity contribution in [1.82, 2.24) is 20.3 Å². The summed E-state index contributed by atoms with van der Waals surface area (Å²) in [6.45, 7) is 5.07. The third kappa shape index (κ3) is 5.06. The minimum atomic E-state index is -0.323. The van der Waals surface area contributed by atoms with Crippen LogP contribution in [0.3, 0.4) is 0 Å². The number of hydrogen-bond donors (Lipinski definition) is 1. The zero-order valence-electron chi connectivity index (χ0n) is 19.1. The molecule has 0 saturated heterocycles. The first kappa shape index (κ1) is 22.1. The maximum Gasteiger partial charge on any atom is 0.273 e. The summed E-state index contributed by atoms with van der Waals surface area (Å²) in [5.41, 5.74) is 5.05. The minimum Gasteiger partial charge on any atom is -0.497 e. The van der Waals surface area contributed by atoms with E-state index >= 15 is 0 Å². The van der Waals surface area contributed by atoms with Gasteiger partial charge in [-0.05, 0) is 49.2 Å². The maximum atomic E-state index is 12.7. The van der Waals surface area contributed by atoms with E-state index in [0.717, 1.165) is 22.5 Å². The second kappa shape index (κ2) is 9.60. The molecule has 0 fully saturated rings. The summed E-state index contributed by atoms with van der Waals surface area (Å²) in [5.74, 6) is 1.34. The van der Waals surface area contributed by atoms with Gasteiger partial charge >= 0.3 is 0 Å². The molecule has 2 heterocycles. The van der Waals surface area contributed by atoms with E-state index in [9.17, 15) is 4.79 Å². The first-order valence-electron chi connectivity index (χ1n) is 10.5. The molecule has 4 aromatic rings. The molecule has 4 rings (SSSR count). The highest BCUT2D eigenvalue weighted by atomic mass is 16.5. The van der Waals surface area contributed by atoms with E-state index in [2.05, 4.69) is 27.7 Å². The summed E-state index contributed by atoms with van der Waals surface area (Å²) < 4.78 is 18.0. The fourth-order valence-corrected chi connectivity index (χ4v) is 3.63. The lowest BCUT2D eigenvalue weighted by atomic mass is 10.1. The van der Waals surface area contributed by atoms with Crippen LogP contribution in [0.1, 0.15) is 33.0 Å². The Labute approximate surface area is 192 Å². The van der Waals surface area contributed by atoms with Crippen molar-refractivity contribution in [2.45, 2.75) is 26.9 Å². The number of carbonyl (C=O) groups excluding carboxylic acids is 1. The number of methoxy groups -OCH3 is 2. The number of nitrogens with zero attached hydrogens (tertiary/aromatic N) is 3. The predicted molar refractivity (Wildman–Crippen MR) is 123 cm³/mol. The lowest BCUT2D eigenvalue weighted by Crippen LogP contribution is -2.23. The van der Waals surface area contributed by atoms with E-state index in [1.54, 1.807) is 38.5 Å². The van der Waals surface area contributed by atoms with Crippen LogP contribution in [0.2, 0.25) is 0 Å². The Morgan fingerprint density at radius 1 is 1.03 bits per heavy atom. The molecule has 8 nitrogen and oxygen atoms in total. The van der Waals surface area contributed by atoms with E-state index in [1.165, 1.54) is 0 Å². The highest BCUT2D eigenvalue weighted by molar-refractivity contribution is 5.93. The normalized spacial score (nSPS) is 10.8. The Hall–Kier alpha value is -4.07. The van der Waals surface area contributed by atoms with Gasteiger partial charge in [0.05, 0.1) is 32.0 Å². The largest absolute Gasteiger partial charge is 0.497 e. The summed E-state index contributed by atoms with van der Waals surface area (Å²) in [5, 5.41) is 11.3. The number of rotatable bonds is 8. The van der Waals surface area contributed by atoms with Crippen molar-refractivity contribution in [3.63, 3.8) is 0 Å². The smallest absolute Gasteiger partial charge is 0.273 e. The van der Waals surface area contributed by atoms with Crippen molar-refractivity contribution in [2.24, 2.45) is 0 Å². The monoisotopic (exact) mass is 446 g/mol. The highest BCUT2D eigenvalue weighted by Crippen LogP contribution is 2.33. The fourth-order valence-electron chi connectivity index (χ4n) is 3.63. The molecule has 0 atom stereocenters. The summed E-state index contributed by atoms with van der Waals surface area (Å²) in [4.78, 5) is 12.7. The van der Waals surface area contributed by atoms with E-state index in [-0.39, 0.29) is 11.6 Å². The minimum absolute atomic E-state index is 0.189. The standard InChI is InChI=1S/C25H26N4O4/c1-16-10-17(2)29(27-16)15-19-7-5-6-18(11-19)14-26-25(30)22-13-24(33-28-22)21-12-20(31-3)8-9-23(21)32-4/h5-13H,14-15H2,1-4H3,(H,26,30). The molecule has 0 aliphatic carbocycles. The lowest BCUT2D eigenvalue weighted by Gasteiger charge is -2.08. The van der Waals surface area contributed by atoms with Gasteiger partial charge < -0.3 is 19.3 Å². The van der Waals surface area contributed by atoms with Crippen LogP contribution in [-0.4, -0.2) is 35.1 Å². The molecule has 1 N–H and O–H groups in total. The molecule has 0 bridgehead atoms. The number of carbonyl (C=O) groups is 1. The van der Waals surface area contributed by atoms with Crippen LogP contribution in [0, 0.1) is 13.8 Å². The molecule has 0 aliphatic heterocycles. The van der Waals surface area contributed by atoms with Crippen molar-refractivity contribution in [1.29, 1.82) is 0 Å². The molecule has 33 heavy (non-hydrogen) atoms. The van der Waals surface area contributed by atoms with Crippen LogP contribution in [0.4, 0.5) is 0 Å². The SMILES string of the molecule is COc1ccc(OC)c(-c2cc(C(=O)NCc3cccc(Cn4nc(C)cc4C)c3)no2)c1. The maximum absolute atomic E-state index is 12.7. The molecular weight excluding hydrogens is 420 g/mol. The van der Waals surface area contributed by atoms with Crippen molar-refractivity contribution < 1.29 is 18.8 Å². The number of ether oxygens (including phenoxy) is 2. The Morgan fingerprint density at radius 3 is 2.58 bits per heavy atom. The van der Waals surface area contributed by atoms with Gasteiger partial charge in [-0.1, -0.05) is 29.4 Å². The molecule has 0 spiro atoms. The van der Waals surface area contributed by atoms with Crippen LogP contribution >= 0.6 is 0 Å². The first-order valence-corrected chi connectivity index (χ1v) is 10.5. The molecule has 170 valence electrons. The van der Waals surface area contributed by atoms with Gasteiger partial charge in [0.25, 0.3) is 5.91 Å². The van der Waals surface area contributed by atoms with E-state index in [1.807, 2.05) is 36.7 Å². The number of benzene rings is 2. The molecule has 2 aromatic carbocycles. The molecule has 0 aliphatic rings. The fraction of sp³-hybridized carbons (Fsp3) is 0.240. The first-order chi connectivity index (χ1) is 16.0. The van der Waals surface area contributed by atoms with E-state index in [4.69, 9.17) is 14.0 Å². The summed E-state index contributed by atoms with van der Waals surface area (Å²) in [7, 11) is 3.15. The van der Waals surface area contributed by atoms with Crippen LogP contribution in [0.25, 0.3) is 11.3 Å². The van der Waals surface area contributed by atoms with Crippen molar-refractivity contribution in [3.05, 3.63) is 82.8 Å². The summed E-state index contributed by atoms with van der Waals surface area (Å²) in [6.07, 6.45) is 0. The zero-order valence-corrected chi connectivity index (χ0v) is 19.1. The Morgan fingerprint density at radius 2 is 1.85 bits per heavy atom. The van der Waals surface area contributed by atoms with Gasteiger partial charge in [0, 0.05) is 18.3 Å². The van der Waals surface area contributed by atoms with Crippen LogP contribution < -0.4 is 14.8 Å². The Kier molecular flexibility index (Phi) is 6.44. The van der Waals surface area contributed by atoms with Gasteiger partial charge in [0.1, 0.15) is 11.5 Å². The molecule has 0 radical (unpaired) electrons. The zero-order chi connectivity index (χ0) is 23.4. The number of aromatic nitrogens is 3. The van der Waals surface area contributed by atoms with Crippen LogP contribution in [-0.2, 0) is 13.1 Å². The predicted octanol–water partition coefficient (Wildman–Crippen LogP) is 4.15. The van der Waals surface area contributed by atoms with Crippen molar-refractivity contribution >= 4 is 5.91 Å². The molecular formula is C25H26N4O4. The Balaban J connectivity index is 1.43. The number of hydrogen-bond acceptors (Lipinski definition) is 6. The molecule has 2 aromatic heterocycles. The second-order valence-electron chi connectivity index (χ2n) is 7.73. The van der Waals surface area contributed by atoms with E-state index in [0.29, 0.717) is 35.9 Å². The third-order valence-corrected chi connectivity index (χ3v) is 5.30. The lowest BCUT2D eigenvalue weighted by molar-refractivity contribution is 0.0942. The van der Waals surface area contributed by atoms with Crippen molar-refractivity contribution in [3.8, 4) is 22.8 Å². The molecule has 0 unspecified atom stereocenters. The highest BCUT2D eigenvalue weighted by Gasteiger charge is 2.17. The van der Waals surface area contributed by atoms with Gasteiger partial charge in [-0.3, -0.25) is 9.48 Å². The average molecular weight is 447 g/mol. The third-order valence-electron chi connectivity index (χ3n) is 5.30. The topological polar surface area (TPSA) is 91.4 Å². The number of amides is 1. The molecule has 8 heteroatoms. The summed E-state index contributed by atoms with van der Waals surface area (Å²) >= 11 is 0. The molecule has 1 amide bonds. The quantitative estimate of drug-likeness (QED) is 0.437. The van der Waals surface area contributed by atoms with Crippen LogP contribution in [0.15, 0.2) is 59.1 Å². The van der Waals surface area contributed by atoms with Gasteiger partial charge in [0.2, 0.25) is 0 Å². The Bertz CT molecular complexity index is 1280. The summed E-state index contributed by atoms with van der Waals surface area (Å²) in [6, 6.07) is 17.0. The van der Waals surface area contributed by atoms with Gasteiger partial charge in [-0.2, -0.15) is 5.10 Å². The van der Waals surface area contributed by atoms with Gasteiger partial charge in [-0.15, -0.1) is 0 Å². The van der Waals surface area contributed by atoms with Crippen LogP contribution in [0.5, 0.6) is 11.5 Å².